The van der Waals surface area contributed by atoms with Gasteiger partial charge in [-0.05, 0) is 42.7 Å². The molecule has 2 heteroatoms. The second kappa shape index (κ2) is 8.04. The molecule has 0 bridgehead atoms. The summed E-state index contributed by atoms with van der Waals surface area (Å²) in [5.74, 6) is 7.83. The summed E-state index contributed by atoms with van der Waals surface area (Å²) >= 11 is 0. The smallest absolute Gasteiger partial charge is 0.118 e. The average Bonchev–Trinajstić information content (AvgIpc) is 2.67. The summed E-state index contributed by atoms with van der Waals surface area (Å²) in [6.45, 7) is 0.841. The van der Waals surface area contributed by atoms with E-state index >= 15 is 0 Å². The van der Waals surface area contributed by atoms with E-state index in [1.165, 1.54) is 24.8 Å². The van der Waals surface area contributed by atoms with E-state index in [2.05, 4.69) is 41.4 Å². The Bertz CT molecular complexity index is 688. The van der Waals surface area contributed by atoms with Gasteiger partial charge < -0.3 is 4.74 Å². The van der Waals surface area contributed by atoms with Crippen LogP contribution in [0.5, 0.6) is 5.75 Å². The van der Waals surface area contributed by atoms with E-state index in [0.29, 0.717) is 0 Å². The highest BCUT2D eigenvalue weighted by molar-refractivity contribution is 5.37. The van der Waals surface area contributed by atoms with E-state index in [1.54, 1.807) is 7.11 Å². The van der Waals surface area contributed by atoms with Crippen LogP contribution in [-0.4, -0.2) is 12.6 Å². The van der Waals surface area contributed by atoms with E-state index < -0.39 is 0 Å². The molecule has 1 fully saturated rings. The lowest BCUT2D eigenvalue weighted by Gasteiger charge is -2.34. The first-order chi connectivity index (χ1) is 11.8. The summed E-state index contributed by atoms with van der Waals surface area (Å²) in [6.07, 6.45) is 6.07. The van der Waals surface area contributed by atoms with Crippen LogP contribution in [0.3, 0.4) is 0 Å². The number of hydrogen-bond donors (Lipinski definition) is 1. The molecule has 0 heterocycles. The van der Waals surface area contributed by atoms with E-state index in [4.69, 9.17) is 4.74 Å². The van der Waals surface area contributed by atoms with Crippen LogP contribution in [0, 0.1) is 11.8 Å². The van der Waals surface area contributed by atoms with E-state index in [9.17, 15) is 0 Å². The Labute approximate surface area is 145 Å². The predicted octanol–water partition coefficient (Wildman–Crippen LogP) is 4.54. The maximum atomic E-state index is 5.23. The molecule has 2 nitrogen and oxygen atoms in total. The van der Waals surface area contributed by atoms with Crippen molar-refractivity contribution in [2.24, 2.45) is 0 Å². The molecular weight excluding hydrogens is 294 g/mol. The van der Waals surface area contributed by atoms with Crippen LogP contribution in [0.2, 0.25) is 0 Å². The Morgan fingerprint density at radius 2 is 1.67 bits per heavy atom. The molecule has 2 aromatic carbocycles. The van der Waals surface area contributed by atoms with Crippen molar-refractivity contribution in [3.05, 3.63) is 65.7 Å². The Balaban J connectivity index is 1.72. The van der Waals surface area contributed by atoms with Crippen LogP contribution in [0.4, 0.5) is 0 Å². The Morgan fingerprint density at radius 3 is 2.33 bits per heavy atom. The number of ether oxygens (including phenoxy) is 1. The molecule has 0 aromatic heterocycles. The first-order valence-electron chi connectivity index (χ1n) is 8.76. The minimum atomic E-state index is -0.0615. The molecule has 24 heavy (non-hydrogen) atoms. The largest absolute Gasteiger partial charge is 0.497 e. The van der Waals surface area contributed by atoms with E-state index in [0.717, 1.165) is 30.7 Å². The number of methoxy groups -OCH3 is 1. The number of hydrogen-bond acceptors (Lipinski definition) is 2. The topological polar surface area (TPSA) is 21.3 Å². The molecule has 2 aromatic rings. The standard InChI is InChI=1S/C22H25NO/c1-24-21-12-10-20(11-13-21)18-23-22(15-6-3-7-16-22)17-14-19-8-4-2-5-9-19/h2,4-5,8-13,23H,3,6-7,15-16,18H2,1H3. The molecule has 0 saturated heterocycles. The Hall–Kier alpha value is -2.24. The van der Waals surface area contributed by atoms with Crippen LogP contribution in [0.15, 0.2) is 54.6 Å². The van der Waals surface area contributed by atoms with Crippen molar-refractivity contribution >= 4 is 0 Å². The molecule has 0 spiro atoms. The molecule has 124 valence electrons. The van der Waals surface area contributed by atoms with Crippen LogP contribution in [0.1, 0.15) is 43.2 Å². The van der Waals surface area contributed by atoms with Crippen LogP contribution >= 0.6 is 0 Å². The maximum absolute atomic E-state index is 5.23. The normalized spacial score (nSPS) is 16.0. The highest BCUT2D eigenvalue weighted by Gasteiger charge is 2.29. The van der Waals surface area contributed by atoms with E-state index in [-0.39, 0.29) is 5.54 Å². The minimum Gasteiger partial charge on any atom is -0.497 e. The molecule has 0 aliphatic heterocycles. The molecule has 1 saturated carbocycles. The molecular formula is C22H25NO. The molecule has 0 unspecified atom stereocenters. The van der Waals surface area contributed by atoms with Gasteiger partial charge in [-0.25, -0.2) is 0 Å². The predicted molar refractivity (Wildman–Crippen MR) is 99.0 cm³/mol. The lowest BCUT2D eigenvalue weighted by Crippen LogP contribution is -2.45. The molecule has 0 radical (unpaired) electrons. The third kappa shape index (κ3) is 4.40. The van der Waals surface area contributed by atoms with Gasteiger partial charge in [-0.15, -0.1) is 0 Å². The van der Waals surface area contributed by atoms with Crippen LogP contribution in [0.25, 0.3) is 0 Å². The van der Waals surface area contributed by atoms with Crippen molar-refractivity contribution in [1.82, 2.24) is 5.32 Å². The molecule has 0 amide bonds. The fourth-order valence-corrected chi connectivity index (χ4v) is 3.23. The monoisotopic (exact) mass is 319 g/mol. The summed E-state index contributed by atoms with van der Waals surface area (Å²) in [5, 5.41) is 3.74. The van der Waals surface area contributed by atoms with Gasteiger partial charge in [0.15, 0.2) is 0 Å². The summed E-state index contributed by atoms with van der Waals surface area (Å²) in [5.41, 5.74) is 2.30. The van der Waals surface area contributed by atoms with E-state index in [1.807, 2.05) is 30.3 Å². The summed E-state index contributed by atoms with van der Waals surface area (Å²) in [7, 11) is 1.70. The van der Waals surface area contributed by atoms with Crippen molar-refractivity contribution < 1.29 is 4.74 Å². The zero-order valence-electron chi connectivity index (χ0n) is 14.3. The van der Waals surface area contributed by atoms with Gasteiger partial charge >= 0.3 is 0 Å². The van der Waals surface area contributed by atoms with Crippen molar-refractivity contribution in [1.29, 1.82) is 0 Å². The van der Waals surface area contributed by atoms with Gasteiger partial charge in [0.2, 0.25) is 0 Å². The zero-order chi connectivity index (χ0) is 16.7. The van der Waals surface area contributed by atoms with Gasteiger partial charge in [0.05, 0.1) is 12.6 Å². The van der Waals surface area contributed by atoms with Crippen molar-refractivity contribution in [2.45, 2.75) is 44.2 Å². The average molecular weight is 319 g/mol. The van der Waals surface area contributed by atoms with Gasteiger partial charge in [0.1, 0.15) is 5.75 Å². The summed E-state index contributed by atoms with van der Waals surface area (Å²) < 4.78 is 5.23. The SMILES string of the molecule is COc1ccc(CNC2(C#Cc3ccccc3)CCCCC2)cc1. The van der Waals surface area contributed by atoms with Crippen molar-refractivity contribution in [3.63, 3.8) is 0 Å². The molecule has 0 atom stereocenters. The van der Waals surface area contributed by atoms with Gasteiger partial charge in [0, 0.05) is 12.1 Å². The highest BCUT2D eigenvalue weighted by atomic mass is 16.5. The van der Waals surface area contributed by atoms with Gasteiger partial charge in [-0.3, -0.25) is 5.32 Å². The maximum Gasteiger partial charge on any atom is 0.118 e. The third-order valence-corrected chi connectivity index (χ3v) is 4.72. The number of rotatable bonds is 4. The molecule has 1 aliphatic carbocycles. The summed E-state index contributed by atoms with van der Waals surface area (Å²) in [4.78, 5) is 0. The first-order valence-corrected chi connectivity index (χ1v) is 8.76. The fraction of sp³-hybridized carbons (Fsp3) is 0.364. The highest BCUT2D eigenvalue weighted by Crippen LogP contribution is 2.28. The van der Waals surface area contributed by atoms with Gasteiger partial charge in [0.25, 0.3) is 0 Å². The Morgan fingerprint density at radius 1 is 0.958 bits per heavy atom. The van der Waals surface area contributed by atoms with Crippen molar-refractivity contribution in [2.75, 3.05) is 7.11 Å². The first kappa shape index (κ1) is 16.6. The van der Waals surface area contributed by atoms with Gasteiger partial charge in [-0.2, -0.15) is 0 Å². The zero-order valence-corrected chi connectivity index (χ0v) is 14.3. The fourth-order valence-electron chi connectivity index (χ4n) is 3.23. The lowest BCUT2D eigenvalue weighted by molar-refractivity contribution is 0.299. The molecule has 1 aliphatic rings. The molecule has 1 N–H and O–H groups in total. The number of benzene rings is 2. The van der Waals surface area contributed by atoms with Gasteiger partial charge in [-0.1, -0.05) is 61.4 Å². The van der Waals surface area contributed by atoms with Crippen LogP contribution < -0.4 is 10.1 Å². The minimum absolute atomic E-state index is 0.0615. The Kier molecular flexibility index (Phi) is 5.56. The second-order valence-corrected chi connectivity index (χ2v) is 6.46. The quantitative estimate of drug-likeness (QED) is 0.835. The second-order valence-electron chi connectivity index (χ2n) is 6.46. The molecule has 3 rings (SSSR count). The lowest BCUT2D eigenvalue weighted by atomic mass is 9.81. The third-order valence-electron chi connectivity index (χ3n) is 4.72. The summed E-state index contributed by atoms with van der Waals surface area (Å²) in [6, 6.07) is 18.5. The van der Waals surface area contributed by atoms with Crippen LogP contribution in [-0.2, 0) is 6.54 Å². The van der Waals surface area contributed by atoms with Crippen molar-refractivity contribution in [3.8, 4) is 17.6 Å². The number of nitrogens with one attached hydrogen (secondary N) is 1.